The van der Waals surface area contributed by atoms with Crippen molar-refractivity contribution in [3.05, 3.63) is 11.6 Å². The summed E-state index contributed by atoms with van der Waals surface area (Å²) < 4.78 is 5.91. The summed E-state index contributed by atoms with van der Waals surface area (Å²) in [6.07, 6.45) is 5.45. The van der Waals surface area contributed by atoms with E-state index in [-0.39, 0.29) is 6.10 Å². The number of hydrogen-bond donors (Lipinski definition) is 0. The Morgan fingerprint density at radius 2 is 2.20 bits per heavy atom. The van der Waals surface area contributed by atoms with Gasteiger partial charge in [-0.15, -0.1) is 0 Å². The number of hydrogen-bond acceptors (Lipinski definition) is 2. The lowest BCUT2D eigenvalue weighted by Gasteiger charge is -2.28. The average molecular weight is 223 g/mol. The normalized spacial score (nSPS) is 24.2. The highest BCUT2D eigenvalue weighted by atomic mass is 28.4. The van der Waals surface area contributed by atoms with Gasteiger partial charge >= 0.3 is 0 Å². The summed E-state index contributed by atoms with van der Waals surface area (Å²) in [5, 5.41) is 9.17. The third kappa shape index (κ3) is 3.81. The maximum atomic E-state index is 9.17. The molecule has 1 aliphatic rings. The smallest absolute Gasteiger partial charge is 0.185 e. The largest absolute Gasteiger partial charge is 0.399 e. The molecule has 15 heavy (non-hydrogen) atoms. The summed E-state index contributed by atoms with van der Waals surface area (Å²) >= 11 is 0. The van der Waals surface area contributed by atoms with Crippen molar-refractivity contribution in [2.45, 2.75) is 51.9 Å². The Kier molecular flexibility index (Phi) is 4.12. The number of nitriles is 1. The van der Waals surface area contributed by atoms with Gasteiger partial charge in [0.2, 0.25) is 0 Å². The lowest BCUT2D eigenvalue weighted by Crippen LogP contribution is -2.34. The van der Waals surface area contributed by atoms with Crippen molar-refractivity contribution in [1.29, 1.82) is 5.26 Å². The van der Waals surface area contributed by atoms with Gasteiger partial charge in [0.25, 0.3) is 0 Å². The molecule has 2 atom stereocenters. The molecule has 2 nitrogen and oxygen atoms in total. The van der Waals surface area contributed by atoms with Gasteiger partial charge in [-0.1, -0.05) is 13.0 Å². The van der Waals surface area contributed by atoms with Gasteiger partial charge in [0.15, 0.2) is 14.4 Å². The summed E-state index contributed by atoms with van der Waals surface area (Å²) in [5.74, 6) is 0.514. The Hall–Kier alpha value is -0.593. The zero-order valence-corrected chi connectivity index (χ0v) is 11.2. The predicted octanol–water partition coefficient (Wildman–Crippen LogP) is 3.48. The van der Waals surface area contributed by atoms with E-state index in [0.717, 1.165) is 6.42 Å². The van der Waals surface area contributed by atoms with Crippen LogP contribution in [0.25, 0.3) is 0 Å². The van der Waals surface area contributed by atoms with Crippen molar-refractivity contribution >= 4 is 8.32 Å². The molecule has 0 saturated carbocycles. The molecule has 1 aliphatic carbocycles. The zero-order chi connectivity index (χ0) is 11.5. The molecule has 0 aromatic carbocycles. The molecule has 0 radical (unpaired) electrons. The lowest BCUT2D eigenvalue weighted by atomic mass is 9.86. The van der Waals surface area contributed by atoms with E-state index in [0.29, 0.717) is 5.92 Å². The van der Waals surface area contributed by atoms with E-state index in [1.54, 1.807) is 0 Å². The highest BCUT2D eigenvalue weighted by molar-refractivity contribution is 6.69. The molecule has 0 fully saturated rings. The standard InChI is InChI=1S/C12H21NOSi/c1-10-7-5-6-8-11(10)12(9-13)14-15(2,3)4/h8,10,12H,5-7H2,1-4H3. The van der Waals surface area contributed by atoms with E-state index in [9.17, 15) is 0 Å². The van der Waals surface area contributed by atoms with Crippen molar-refractivity contribution in [1.82, 2.24) is 0 Å². The van der Waals surface area contributed by atoms with E-state index < -0.39 is 8.32 Å². The SMILES string of the molecule is CC1CCCC=C1C(C#N)O[Si](C)(C)C. The fraction of sp³-hybridized carbons (Fsp3) is 0.750. The predicted molar refractivity (Wildman–Crippen MR) is 64.9 cm³/mol. The average Bonchev–Trinajstić information content (AvgIpc) is 2.14. The number of nitrogens with zero attached hydrogens (tertiary/aromatic N) is 1. The monoisotopic (exact) mass is 223 g/mol. The van der Waals surface area contributed by atoms with Crippen LogP contribution in [-0.2, 0) is 4.43 Å². The van der Waals surface area contributed by atoms with Crippen LogP contribution in [-0.4, -0.2) is 14.4 Å². The Bertz CT molecular complexity index is 285. The first kappa shape index (κ1) is 12.5. The van der Waals surface area contributed by atoms with E-state index in [4.69, 9.17) is 9.69 Å². The van der Waals surface area contributed by atoms with Crippen LogP contribution in [0.15, 0.2) is 11.6 Å². The minimum atomic E-state index is -1.62. The molecule has 0 aliphatic heterocycles. The van der Waals surface area contributed by atoms with Crippen LogP contribution in [0.3, 0.4) is 0 Å². The minimum Gasteiger partial charge on any atom is -0.399 e. The van der Waals surface area contributed by atoms with Crippen molar-refractivity contribution < 1.29 is 4.43 Å². The van der Waals surface area contributed by atoms with Gasteiger partial charge in [-0.05, 0) is 50.4 Å². The van der Waals surface area contributed by atoms with Gasteiger partial charge in [0, 0.05) is 0 Å². The Labute approximate surface area is 94.1 Å². The van der Waals surface area contributed by atoms with Gasteiger partial charge in [-0.25, -0.2) is 0 Å². The third-order valence-corrected chi connectivity index (χ3v) is 3.62. The highest BCUT2D eigenvalue weighted by Gasteiger charge is 2.27. The first-order valence-corrected chi connectivity index (χ1v) is 9.12. The second kappa shape index (κ2) is 4.96. The topological polar surface area (TPSA) is 33.0 Å². The summed E-state index contributed by atoms with van der Waals surface area (Å²) in [6, 6.07) is 2.30. The maximum Gasteiger partial charge on any atom is 0.185 e. The molecule has 0 aromatic heterocycles. The second-order valence-corrected chi connectivity index (χ2v) is 9.74. The molecule has 0 bridgehead atoms. The summed E-state index contributed by atoms with van der Waals surface area (Å²) in [6.45, 7) is 8.59. The van der Waals surface area contributed by atoms with E-state index in [1.807, 2.05) is 0 Å². The molecule has 1 rings (SSSR count). The van der Waals surface area contributed by atoms with Gasteiger partial charge in [-0.3, -0.25) is 0 Å². The number of allylic oxidation sites excluding steroid dienone is 1. The minimum absolute atomic E-state index is 0.299. The molecule has 0 saturated heterocycles. The number of rotatable bonds is 3. The van der Waals surface area contributed by atoms with E-state index >= 15 is 0 Å². The first-order chi connectivity index (χ1) is 6.94. The Morgan fingerprint density at radius 3 is 2.67 bits per heavy atom. The van der Waals surface area contributed by atoms with Crippen LogP contribution in [0.4, 0.5) is 0 Å². The summed E-state index contributed by atoms with van der Waals surface area (Å²) in [7, 11) is -1.62. The Morgan fingerprint density at radius 1 is 1.53 bits per heavy atom. The molecule has 2 unspecified atom stereocenters. The van der Waals surface area contributed by atoms with E-state index in [1.165, 1.54) is 18.4 Å². The quantitative estimate of drug-likeness (QED) is 0.542. The molecule has 0 heterocycles. The molecule has 0 aromatic rings. The van der Waals surface area contributed by atoms with Crippen molar-refractivity contribution in [2.75, 3.05) is 0 Å². The fourth-order valence-electron chi connectivity index (χ4n) is 1.95. The summed E-state index contributed by atoms with van der Waals surface area (Å²) in [5.41, 5.74) is 1.21. The molecule has 0 amide bonds. The zero-order valence-electron chi connectivity index (χ0n) is 10.2. The van der Waals surface area contributed by atoms with Crippen molar-refractivity contribution in [3.63, 3.8) is 0 Å². The van der Waals surface area contributed by atoms with Gasteiger partial charge < -0.3 is 4.43 Å². The van der Waals surface area contributed by atoms with Crippen LogP contribution in [0, 0.1) is 17.2 Å². The van der Waals surface area contributed by atoms with Crippen LogP contribution in [0.2, 0.25) is 19.6 Å². The van der Waals surface area contributed by atoms with Crippen LogP contribution in [0.5, 0.6) is 0 Å². The van der Waals surface area contributed by atoms with Gasteiger partial charge in [0.05, 0.1) is 6.07 Å². The molecule has 0 spiro atoms. The highest BCUT2D eigenvalue weighted by Crippen LogP contribution is 2.29. The van der Waals surface area contributed by atoms with Crippen LogP contribution in [0.1, 0.15) is 26.2 Å². The molecular formula is C12H21NOSi. The van der Waals surface area contributed by atoms with Crippen LogP contribution < -0.4 is 0 Å². The van der Waals surface area contributed by atoms with Crippen LogP contribution >= 0.6 is 0 Å². The fourth-order valence-corrected chi connectivity index (χ4v) is 2.84. The molecular weight excluding hydrogens is 202 g/mol. The molecule has 3 heteroatoms. The van der Waals surface area contributed by atoms with Crippen molar-refractivity contribution in [3.8, 4) is 6.07 Å². The molecule has 84 valence electrons. The Balaban J connectivity index is 2.75. The summed E-state index contributed by atoms with van der Waals surface area (Å²) in [4.78, 5) is 0. The van der Waals surface area contributed by atoms with Gasteiger partial charge in [-0.2, -0.15) is 5.26 Å². The van der Waals surface area contributed by atoms with Crippen molar-refractivity contribution in [2.24, 2.45) is 5.92 Å². The maximum absolute atomic E-state index is 9.17. The van der Waals surface area contributed by atoms with Gasteiger partial charge in [0.1, 0.15) is 0 Å². The van der Waals surface area contributed by atoms with E-state index in [2.05, 4.69) is 38.7 Å². The second-order valence-electron chi connectivity index (χ2n) is 5.28. The molecule has 0 N–H and O–H groups in total. The first-order valence-electron chi connectivity index (χ1n) is 5.71. The lowest BCUT2D eigenvalue weighted by molar-refractivity contribution is 0.263. The third-order valence-electron chi connectivity index (χ3n) is 2.68.